The summed E-state index contributed by atoms with van der Waals surface area (Å²) in [5.41, 5.74) is -0.435. The Morgan fingerprint density at radius 3 is 1.81 bits per heavy atom. The molecule has 0 aromatic heterocycles. The van der Waals surface area contributed by atoms with E-state index >= 15 is 0 Å². The van der Waals surface area contributed by atoms with Crippen LogP contribution >= 0.6 is 23.2 Å². The van der Waals surface area contributed by atoms with Crippen molar-refractivity contribution in [2.75, 3.05) is 0 Å². The molecule has 0 radical (unpaired) electrons. The Bertz CT molecular complexity index is 443. The highest BCUT2D eigenvalue weighted by molar-refractivity contribution is 6.34. The quantitative estimate of drug-likeness (QED) is 0.498. The summed E-state index contributed by atoms with van der Waals surface area (Å²) < 4.78 is 0. The summed E-state index contributed by atoms with van der Waals surface area (Å²) in [7, 11) is 0. The molecule has 0 aliphatic rings. The highest BCUT2D eigenvalue weighted by Gasteiger charge is 2.15. The average molecular weight is 261 g/mol. The van der Waals surface area contributed by atoms with Gasteiger partial charge in [-0.2, -0.15) is 0 Å². The molecule has 1 rings (SSSR count). The Balaban J connectivity index is 3.23. The van der Waals surface area contributed by atoms with Crippen LogP contribution in [0.4, 0.5) is 0 Å². The molecule has 0 aliphatic carbocycles. The molecular formula is C10H6Cl2O4. The third-order valence-corrected chi connectivity index (χ3v) is 2.09. The molecule has 0 heterocycles. The van der Waals surface area contributed by atoms with Gasteiger partial charge in [0.25, 0.3) is 0 Å². The molecule has 16 heavy (non-hydrogen) atoms. The predicted octanol–water partition coefficient (Wildman–Crippen LogP) is 2.55. The highest BCUT2D eigenvalue weighted by Crippen LogP contribution is 2.20. The zero-order valence-electron chi connectivity index (χ0n) is 7.78. The van der Waals surface area contributed by atoms with E-state index in [0.29, 0.717) is 15.6 Å². The van der Waals surface area contributed by atoms with Crippen LogP contribution < -0.4 is 0 Å². The molecule has 2 N–H and O–H groups in total. The van der Waals surface area contributed by atoms with Gasteiger partial charge in [0.2, 0.25) is 0 Å². The maximum absolute atomic E-state index is 10.6. The number of hydrogen-bond donors (Lipinski definition) is 2. The van der Waals surface area contributed by atoms with Crippen molar-refractivity contribution in [2.24, 2.45) is 0 Å². The number of benzene rings is 1. The van der Waals surface area contributed by atoms with Crippen LogP contribution in [0.2, 0.25) is 10.0 Å². The van der Waals surface area contributed by atoms with Gasteiger partial charge < -0.3 is 10.2 Å². The highest BCUT2D eigenvalue weighted by atomic mass is 35.5. The molecule has 1 aromatic rings. The Kier molecular flexibility index (Phi) is 3.93. The van der Waals surface area contributed by atoms with Gasteiger partial charge in [-0.05, 0) is 29.8 Å². The third kappa shape index (κ3) is 3.25. The van der Waals surface area contributed by atoms with E-state index < -0.39 is 17.5 Å². The Hall–Kier alpha value is -1.52. The van der Waals surface area contributed by atoms with Crippen LogP contribution in [0.25, 0.3) is 6.08 Å². The number of carbonyl (C=O) groups is 2. The first-order valence-electron chi connectivity index (χ1n) is 4.04. The standard InChI is InChI=1S/C10H6Cl2O4/c11-6-1-5(2-7(12)4-6)3-8(9(13)14)10(15)16/h1-4H,(H,13,14)(H,15,16). The molecule has 84 valence electrons. The van der Waals surface area contributed by atoms with Gasteiger partial charge in [0.15, 0.2) is 0 Å². The molecule has 0 aliphatic heterocycles. The third-order valence-electron chi connectivity index (χ3n) is 1.66. The molecule has 0 bridgehead atoms. The van der Waals surface area contributed by atoms with E-state index in [9.17, 15) is 9.59 Å². The molecule has 0 spiro atoms. The maximum Gasteiger partial charge on any atom is 0.343 e. The minimum atomic E-state index is -1.52. The largest absolute Gasteiger partial charge is 0.477 e. The first-order chi connectivity index (χ1) is 7.40. The van der Waals surface area contributed by atoms with Crippen LogP contribution in [0.1, 0.15) is 5.56 Å². The molecule has 0 amide bonds. The molecule has 0 saturated carbocycles. The number of carboxylic acids is 2. The van der Waals surface area contributed by atoms with Gasteiger partial charge in [-0.3, -0.25) is 0 Å². The van der Waals surface area contributed by atoms with Crippen LogP contribution in [0.3, 0.4) is 0 Å². The summed E-state index contributed by atoms with van der Waals surface area (Å²) in [5.74, 6) is -3.05. The van der Waals surface area contributed by atoms with Crippen LogP contribution in [-0.4, -0.2) is 22.2 Å². The predicted molar refractivity (Wildman–Crippen MR) is 59.7 cm³/mol. The second-order valence-electron chi connectivity index (χ2n) is 2.87. The molecule has 0 atom stereocenters. The summed E-state index contributed by atoms with van der Waals surface area (Å²) in [6.07, 6.45) is 0.989. The topological polar surface area (TPSA) is 74.6 Å². The smallest absolute Gasteiger partial charge is 0.343 e. The summed E-state index contributed by atoms with van der Waals surface area (Å²) in [4.78, 5) is 21.2. The Labute approximate surface area is 101 Å². The minimum Gasteiger partial charge on any atom is -0.477 e. The monoisotopic (exact) mass is 260 g/mol. The van der Waals surface area contributed by atoms with Crippen molar-refractivity contribution in [2.45, 2.75) is 0 Å². The minimum absolute atomic E-state index is 0.300. The van der Waals surface area contributed by atoms with Gasteiger partial charge in [0.05, 0.1) is 0 Å². The van der Waals surface area contributed by atoms with Crippen LogP contribution in [-0.2, 0) is 9.59 Å². The molecule has 1 aromatic carbocycles. The number of carboxylic acid groups (broad SMARTS) is 2. The second-order valence-corrected chi connectivity index (χ2v) is 3.74. The van der Waals surface area contributed by atoms with E-state index in [-0.39, 0.29) is 0 Å². The molecular weight excluding hydrogens is 255 g/mol. The van der Waals surface area contributed by atoms with Crippen LogP contribution in [0.15, 0.2) is 23.8 Å². The fourth-order valence-electron chi connectivity index (χ4n) is 1.04. The maximum atomic E-state index is 10.6. The summed E-state index contributed by atoms with van der Waals surface area (Å²) in [6, 6.07) is 4.29. The molecule has 4 nitrogen and oxygen atoms in total. The van der Waals surface area contributed by atoms with Crippen molar-refractivity contribution in [1.82, 2.24) is 0 Å². The van der Waals surface area contributed by atoms with E-state index in [1.807, 2.05) is 0 Å². The summed E-state index contributed by atoms with van der Waals surface area (Å²) >= 11 is 11.4. The number of aliphatic carboxylic acids is 2. The van der Waals surface area contributed by atoms with Gasteiger partial charge in [-0.15, -0.1) is 0 Å². The summed E-state index contributed by atoms with van der Waals surface area (Å²) in [6.45, 7) is 0. The van der Waals surface area contributed by atoms with Crippen LogP contribution in [0.5, 0.6) is 0 Å². The summed E-state index contributed by atoms with van der Waals surface area (Å²) in [5, 5.41) is 17.9. The fourth-order valence-corrected chi connectivity index (χ4v) is 1.58. The lowest BCUT2D eigenvalue weighted by molar-refractivity contribution is -0.139. The van der Waals surface area contributed by atoms with Crippen molar-refractivity contribution < 1.29 is 19.8 Å². The average Bonchev–Trinajstić information content (AvgIpc) is 2.11. The normalized spacial score (nSPS) is 9.62. The number of halogens is 2. The zero-order chi connectivity index (χ0) is 12.3. The van der Waals surface area contributed by atoms with Crippen molar-refractivity contribution in [3.63, 3.8) is 0 Å². The lowest BCUT2D eigenvalue weighted by Gasteiger charge is -1.99. The van der Waals surface area contributed by atoms with Crippen LogP contribution in [0, 0.1) is 0 Å². The zero-order valence-corrected chi connectivity index (χ0v) is 9.29. The van der Waals surface area contributed by atoms with Gasteiger partial charge in [-0.25, -0.2) is 9.59 Å². The molecule has 0 saturated heterocycles. The van der Waals surface area contributed by atoms with Crippen molar-refractivity contribution in [3.8, 4) is 0 Å². The Morgan fingerprint density at radius 1 is 1.00 bits per heavy atom. The molecule has 6 heteroatoms. The SMILES string of the molecule is O=C(O)C(=Cc1cc(Cl)cc(Cl)c1)C(=O)O. The fraction of sp³-hybridized carbons (Fsp3) is 0. The Morgan fingerprint density at radius 2 is 1.44 bits per heavy atom. The second kappa shape index (κ2) is 5.01. The van der Waals surface area contributed by atoms with Gasteiger partial charge in [0, 0.05) is 10.0 Å². The first kappa shape index (κ1) is 12.5. The van der Waals surface area contributed by atoms with E-state index in [4.69, 9.17) is 33.4 Å². The number of hydrogen-bond acceptors (Lipinski definition) is 2. The van der Waals surface area contributed by atoms with Gasteiger partial charge in [0.1, 0.15) is 5.57 Å². The van der Waals surface area contributed by atoms with E-state index in [2.05, 4.69) is 0 Å². The van der Waals surface area contributed by atoms with Crippen molar-refractivity contribution in [1.29, 1.82) is 0 Å². The van der Waals surface area contributed by atoms with Gasteiger partial charge in [-0.1, -0.05) is 23.2 Å². The molecule has 0 unspecified atom stereocenters. The molecule has 0 fully saturated rings. The van der Waals surface area contributed by atoms with E-state index in [1.165, 1.54) is 18.2 Å². The lowest BCUT2D eigenvalue weighted by Crippen LogP contribution is -2.10. The van der Waals surface area contributed by atoms with E-state index in [1.54, 1.807) is 0 Å². The lowest BCUT2D eigenvalue weighted by atomic mass is 10.1. The van der Waals surface area contributed by atoms with Crippen molar-refractivity contribution >= 4 is 41.2 Å². The first-order valence-corrected chi connectivity index (χ1v) is 4.80. The number of rotatable bonds is 3. The van der Waals surface area contributed by atoms with E-state index in [0.717, 1.165) is 6.08 Å². The van der Waals surface area contributed by atoms with Gasteiger partial charge >= 0.3 is 11.9 Å². The van der Waals surface area contributed by atoms with Crippen molar-refractivity contribution in [3.05, 3.63) is 39.4 Å².